The summed E-state index contributed by atoms with van der Waals surface area (Å²) in [6.45, 7) is 3.43. The molecule has 0 bridgehead atoms. The molecule has 7 heteroatoms. The Morgan fingerprint density at radius 3 is 2.27 bits per heavy atom. The first-order valence-corrected chi connectivity index (χ1v) is 8.20. The number of oxime groups is 1. The molecule has 2 aromatic rings. The molecule has 6 nitrogen and oxygen atoms in total. The van der Waals surface area contributed by atoms with Crippen molar-refractivity contribution in [2.75, 3.05) is 48.6 Å². The lowest BCUT2D eigenvalue weighted by atomic mass is 10.0. The van der Waals surface area contributed by atoms with Gasteiger partial charge in [-0.1, -0.05) is 11.2 Å². The fraction of sp³-hybridized carbons (Fsp3) is 0.421. The zero-order valence-electron chi connectivity index (χ0n) is 16.2. The van der Waals surface area contributed by atoms with E-state index in [9.17, 15) is 0 Å². The number of quaternary nitrogens is 1. The fourth-order valence-corrected chi connectivity index (χ4v) is 2.55. The smallest absolute Gasteiger partial charge is 0.203 e. The van der Waals surface area contributed by atoms with E-state index in [1.54, 1.807) is 21.3 Å². The van der Waals surface area contributed by atoms with Gasteiger partial charge < -0.3 is 36.4 Å². The van der Waals surface area contributed by atoms with Crippen molar-refractivity contribution in [1.82, 2.24) is 0 Å². The van der Waals surface area contributed by atoms with Crippen LogP contribution in [0.5, 0.6) is 17.2 Å². The van der Waals surface area contributed by atoms with Crippen LogP contribution in [0, 0.1) is 0 Å². The second kappa shape index (κ2) is 10.1. The van der Waals surface area contributed by atoms with Crippen LogP contribution in [0.3, 0.4) is 0 Å². The van der Waals surface area contributed by atoms with Gasteiger partial charge in [0.2, 0.25) is 5.75 Å². The minimum absolute atomic E-state index is 0. The topological polar surface area (TPSA) is 53.7 Å². The van der Waals surface area contributed by atoms with Crippen LogP contribution in [-0.2, 0) is 4.84 Å². The van der Waals surface area contributed by atoms with Gasteiger partial charge in [-0.3, -0.25) is 0 Å². The summed E-state index contributed by atoms with van der Waals surface area (Å²) < 4.78 is 16.4. The molecule has 0 amide bonds. The summed E-state index contributed by atoms with van der Waals surface area (Å²) in [6, 6.07) is 7.97. The van der Waals surface area contributed by atoms with Crippen LogP contribution in [0.2, 0.25) is 0 Å². The molecule has 0 spiro atoms. The standard InChI is InChI=1S/C19H26N2O4.ClH/c1-13(20-25-10-9-21(2)3)14-7-8-16-15(11-14)12-17(22-4)19(24-6)18(16)23-5;/h7-8,11-12H,9-10H2,1-6H3;1H/b20-13+;. The number of halogens is 1. The molecule has 0 fully saturated rings. The summed E-state index contributed by atoms with van der Waals surface area (Å²) in [7, 11) is 9.00. The van der Waals surface area contributed by atoms with Crippen LogP contribution in [0.1, 0.15) is 12.5 Å². The molecule has 0 saturated carbocycles. The molecular formula is C19H27ClN2O4. The second-order valence-corrected chi connectivity index (χ2v) is 6.05. The molecule has 0 unspecified atom stereocenters. The predicted molar refractivity (Wildman–Crippen MR) is 99.4 cm³/mol. The molecule has 144 valence electrons. The highest BCUT2D eigenvalue weighted by molar-refractivity contribution is 6.03. The van der Waals surface area contributed by atoms with Gasteiger partial charge in [-0.2, -0.15) is 0 Å². The highest BCUT2D eigenvalue weighted by Gasteiger charge is 2.16. The van der Waals surface area contributed by atoms with Crippen LogP contribution in [0.4, 0.5) is 0 Å². The number of rotatable bonds is 8. The van der Waals surface area contributed by atoms with Gasteiger partial charge in [-0.05, 0) is 36.1 Å². The summed E-state index contributed by atoms with van der Waals surface area (Å²) in [5.41, 5.74) is 1.81. The maximum absolute atomic E-state index is 5.53. The maximum Gasteiger partial charge on any atom is 0.203 e. The molecule has 0 aliphatic heterocycles. The molecule has 0 heterocycles. The SMILES string of the molecule is COc1cc2cc(/C(C)=N/OCC[NH+](C)C)ccc2c(OC)c1OC.[Cl-]. The van der Waals surface area contributed by atoms with E-state index in [2.05, 4.69) is 19.3 Å². The number of hydrogen-bond acceptors (Lipinski definition) is 5. The summed E-state index contributed by atoms with van der Waals surface area (Å²) in [5, 5.41) is 6.15. The number of likely N-dealkylation sites (N-methyl/N-ethyl adjacent to an activating group) is 1. The Labute approximate surface area is 161 Å². The summed E-state index contributed by atoms with van der Waals surface area (Å²) in [4.78, 5) is 6.72. The van der Waals surface area contributed by atoms with Gasteiger partial charge in [0, 0.05) is 5.39 Å². The lowest BCUT2D eigenvalue weighted by molar-refractivity contribution is -0.858. The van der Waals surface area contributed by atoms with Gasteiger partial charge in [0.15, 0.2) is 18.1 Å². The molecular weight excluding hydrogens is 356 g/mol. The summed E-state index contributed by atoms with van der Waals surface area (Å²) in [5.74, 6) is 1.87. The fourth-order valence-electron chi connectivity index (χ4n) is 2.55. The Bertz CT molecular complexity index is 763. The first-order valence-electron chi connectivity index (χ1n) is 8.20. The van der Waals surface area contributed by atoms with E-state index in [4.69, 9.17) is 19.0 Å². The van der Waals surface area contributed by atoms with Crippen LogP contribution < -0.4 is 31.5 Å². The van der Waals surface area contributed by atoms with E-state index < -0.39 is 0 Å². The van der Waals surface area contributed by atoms with Crippen molar-refractivity contribution in [3.05, 3.63) is 29.8 Å². The lowest BCUT2D eigenvalue weighted by Gasteiger charge is -2.15. The minimum atomic E-state index is 0. The van der Waals surface area contributed by atoms with Crippen molar-refractivity contribution < 1.29 is 36.4 Å². The Morgan fingerprint density at radius 1 is 1.00 bits per heavy atom. The molecule has 0 aliphatic carbocycles. The number of nitrogens with zero attached hydrogens (tertiary/aromatic N) is 1. The average molecular weight is 383 g/mol. The molecule has 0 aromatic heterocycles. The number of ether oxygens (including phenoxy) is 3. The summed E-state index contributed by atoms with van der Waals surface area (Å²) in [6.07, 6.45) is 0. The molecule has 2 rings (SSSR count). The number of fused-ring (bicyclic) bond motifs is 1. The van der Waals surface area contributed by atoms with Crippen molar-refractivity contribution >= 4 is 16.5 Å². The number of benzene rings is 2. The third kappa shape index (κ3) is 4.93. The Morgan fingerprint density at radius 2 is 1.69 bits per heavy atom. The number of nitrogens with one attached hydrogen (secondary N) is 1. The highest BCUT2D eigenvalue weighted by atomic mass is 35.5. The zero-order valence-corrected chi connectivity index (χ0v) is 16.9. The third-order valence-corrected chi connectivity index (χ3v) is 3.95. The van der Waals surface area contributed by atoms with E-state index >= 15 is 0 Å². The molecule has 0 atom stereocenters. The first kappa shape index (κ1) is 21.9. The van der Waals surface area contributed by atoms with Crippen LogP contribution in [0.15, 0.2) is 29.4 Å². The molecule has 1 N–H and O–H groups in total. The highest BCUT2D eigenvalue weighted by Crippen LogP contribution is 2.43. The van der Waals surface area contributed by atoms with Crippen molar-refractivity contribution in [3.63, 3.8) is 0 Å². The predicted octanol–water partition coefficient (Wildman–Crippen LogP) is -1.25. The van der Waals surface area contributed by atoms with Gasteiger partial charge in [-0.15, -0.1) is 0 Å². The number of methoxy groups -OCH3 is 3. The van der Waals surface area contributed by atoms with Crippen LogP contribution >= 0.6 is 0 Å². The quantitative estimate of drug-likeness (QED) is 0.352. The van der Waals surface area contributed by atoms with Gasteiger partial charge in [0.1, 0.15) is 6.54 Å². The molecule has 0 saturated heterocycles. The maximum atomic E-state index is 5.53. The third-order valence-electron chi connectivity index (χ3n) is 3.95. The van der Waals surface area contributed by atoms with E-state index in [1.807, 2.05) is 31.2 Å². The lowest BCUT2D eigenvalue weighted by Crippen LogP contribution is -3.06. The second-order valence-electron chi connectivity index (χ2n) is 6.05. The van der Waals surface area contributed by atoms with E-state index in [0.29, 0.717) is 23.9 Å². The van der Waals surface area contributed by atoms with Crippen molar-refractivity contribution in [2.24, 2.45) is 5.16 Å². The molecule has 26 heavy (non-hydrogen) atoms. The number of hydrogen-bond donors (Lipinski definition) is 1. The van der Waals surface area contributed by atoms with Crippen molar-refractivity contribution in [2.45, 2.75) is 6.92 Å². The normalized spacial score (nSPS) is 11.3. The van der Waals surface area contributed by atoms with Crippen molar-refractivity contribution in [1.29, 1.82) is 0 Å². The van der Waals surface area contributed by atoms with Crippen LogP contribution in [0.25, 0.3) is 10.8 Å². The van der Waals surface area contributed by atoms with E-state index in [-0.39, 0.29) is 12.4 Å². The molecule has 2 aromatic carbocycles. The van der Waals surface area contributed by atoms with Crippen molar-refractivity contribution in [3.8, 4) is 17.2 Å². The summed E-state index contributed by atoms with van der Waals surface area (Å²) >= 11 is 0. The first-order chi connectivity index (χ1) is 12.0. The largest absolute Gasteiger partial charge is 1.00 e. The van der Waals surface area contributed by atoms with Gasteiger partial charge in [-0.25, -0.2) is 0 Å². The molecule has 0 aliphatic rings. The van der Waals surface area contributed by atoms with Gasteiger partial charge >= 0.3 is 0 Å². The monoisotopic (exact) mass is 382 g/mol. The minimum Gasteiger partial charge on any atom is -1.00 e. The molecule has 0 radical (unpaired) electrons. The Balaban J connectivity index is 0.00000338. The van der Waals surface area contributed by atoms with Crippen LogP contribution in [-0.4, -0.2) is 54.3 Å². The van der Waals surface area contributed by atoms with Gasteiger partial charge in [0.25, 0.3) is 0 Å². The Hall–Kier alpha value is -2.18. The van der Waals surface area contributed by atoms with E-state index in [1.165, 1.54) is 4.90 Å². The zero-order chi connectivity index (χ0) is 18.4. The average Bonchev–Trinajstić information content (AvgIpc) is 2.62. The Kier molecular flexibility index (Phi) is 8.48. The van der Waals surface area contributed by atoms with E-state index in [0.717, 1.165) is 28.6 Å². The van der Waals surface area contributed by atoms with Gasteiger partial charge in [0.05, 0.1) is 41.1 Å².